The van der Waals surface area contributed by atoms with Gasteiger partial charge in [0.15, 0.2) is 10.4 Å². The van der Waals surface area contributed by atoms with Crippen LogP contribution in [-0.4, -0.2) is 15.6 Å². The number of aliphatic imine (C=N–C) groups is 1. The highest BCUT2D eigenvalue weighted by atomic mass is 79.9. The normalized spacial score (nSPS) is 11.4. The summed E-state index contributed by atoms with van der Waals surface area (Å²) in [6.07, 6.45) is 1.55. The van der Waals surface area contributed by atoms with Crippen molar-refractivity contribution in [3.63, 3.8) is 0 Å². The number of benzene rings is 1. The lowest BCUT2D eigenvalue weighted by molar-refractivity contribution is 0.535. The van der Waals surface area contributed by atoms with Crippen molar-refractivity contribution in [2.45, 2.75) is 6.92 Å². The lowest BCUT2D eigenvalue weighted by Gasteiger charge is -2.07. The van der Waals surface area contributed by atoms with Crippen LogP contribution in [0.4, 0.5) is 5.69 Å². The summed E-state index contributed by atoms with van der Waals surface area (Å²) in [5.74, 6) is 0.584. The fourth-order valence-electron chi connectivity index (χ4n) is 2.23. The first-order valence-electron chi connectivity index (χ1n) is 6.71. The number of hydrogen-bond donors (Lipinski definition) is 0. The van der Waals surface area contributed by atoms with Crippen LogP contribution in [0.3, 0.4) is 0 Å². The maximum Gasteiger partial charge on any atom is 0.297 e. The van der Waals surface area contributed by atoms with E-state index in [0.717, 1.165) is 11.4 Å². The minimum Gasteiger partial charge on any atom is -0.448 e. The van der Waals surface area contributed by atoms with Crippen LogP contribution in [0.15, 0.2) is 61.3 Å². The van der Waals surface area contributed by atoms with E-state index in [1.54, 1.807) is 27.7 Å². The van der Waals surface area contributed by atoms with Gasteiger partial charge in [-0.15, -0.1) is 0 Å². The zero-order valence-electron chi connectivity index (χ0n) is 12.2. The quantitative estimate of drug-likeness (QED) is 0.671. The van der Waals surface area contributed by atoms with Gasteiger partial charge in [0.2, 0.25) is 0 Å². The van der Waals surface area contributed by atoms with Crippen molar-refractivity contribution >= 4 is 27.8 Å². The Labute approximate surface area is 135 Å². The van der Waals surface area contributed by atoms with Crippen molar-refractivity contribution in [2.24, 2.45) is 12.0 Å². The molecule has 0 bridgehead atoms. The second-order valence-corrected chi connectivity index (χ2v) is 5.59. The molecule has 0 spiro atoms. The van der Waals surface area contributed by atoms with E-state index in [1.807, 2.05) is 44.3 Å². The van der Waals surface area contributed by atoms with Crippen molar-refractivity contribution < 1.29 is 4.42 Å². The van der Waals surface area contributed by atoms with Crippen LogP contribution < -0.4 is 5.56 Å². The third-order valence-corrected chi connectivity index (χ3v) is 3.86. The summed E-state index contributed by atoms with van der Waals surface area (Å²) >= 11 is 3.24. The first-order valence-corrected chi connectivity index (χ1v) is 7.50. The average Bonchev–Trinajstić information content (AvgIpc) is 3.02. The molecule has 112 valence electrons. The highest BCUT2D eigenvalue weighted by Gasteiger charge is 2.15. The molecule has 0 aliphatic rings. The molecule has 0 N–H and O–H groups in total. The molecule has 5 nitrogen and oxygen atoms in total. The molecule has 2 heterocycles. The average molecular weight is 360 g/mol. The number of para-hydroxylation sites is 1. The van der Waals surface area contributed by atoms with Crippen LogP contribution >= 0.6 is 15.9 Å². The van der Waals surface area contributed by atoms with Gasteiger partial charge < -0.3 is 4.42 Å². The predicted octanol–water partition coefficient (Wildman–Crippen LogP) is 3.59. The zero-order chi connectivity index (χ0) is 15.7. The maximum absolute atomic E-state index is 12.6. The van der Waals surface area contributed by atoms with E-state index in [9.17, 15) is 4.79 Å². The van der Waals surface area contributed by atoms with Crippen molar-refractivity contribution in [2.75, 3.05) is 0 Å². The third-order valence-electron chi connectivity index (χ3n) is 3.44. The lowest BCUT2D eigenvalue weighted by atomic mass is 10.3. The first-order chi connectivity index (χ1) is 10.6. The van der Waals surface area contributed by atoms with Gasteiger partial charge in [0.25, 0.3) is 5.56 Å². The van der Waals surface area contributed by atoms with E-state index in [1.165, 1.54) is 0 Å². The van der Waals surface area contributed by atoms with Gasteiger partial charge in [0, 0.05) is 7.05 Å². The molecule has 0 unspecified atom stereocenters. The Hall–Kier alpha value is -2.34. The summed E-state index contributed by atoms with van der Waals surface area (Å²) in [6.45, 7) is 1.87. The monoisotopic (exact) mass is 359 g/mol. The molecule has 3 rings (SSSR count). The van der Waals surface area contributed by atoms with E-state index in [2.05, 4.69) is 20.9 Å². The van der Waals surface area contributed by atoms with Gasteiger partial charge >= 0.3 is 0 Å². The molecule has 22 heavy (non-hydrogen) atoms. The van der Waals surface area contributed by atoms with E-state index >= 15 is 0 Å². The maximum atomic E-state index is 12.6. The van der Waals surface area contributed by atoms with Crippen LogP contribution in [-0.2, 0) is 7.05 Å². The first kappa shape index (κ1) is 14.6. The van der Waals surface area contributed by atoms with Gasteiger partial charge in [0.05, 0.1) is 17.6 Å². The van der Waals surface area contributed by atoms with Crippen LogP contribution in [0.25, 0.3) is 5.69 Å². The molecule has 6 heteroatoms. The Morgan fingerprint density at radius 3 is 2.55 bits per heavy atom. The number of nitrogens with zero attached hydrogens (tertiary/aromatic N) is 3. The van der Waals surface area contributed by atoms with Crippen molar-refractivity contribution in [1.29, 1.82) is 0 Å². The second-order valence-electron chi connectivity index (χ2n) is 4.81. The van der Waals surface area contributed by atoms with E-state index < -0.39 is 0 Å². The number of rotatable bonds is 3. The van der Waals surface area contributed by atoms with Gasteiger partial charge in [-0.3, -0.25) is 9.48 Å². The van der Waals surface area contributed by atoms with Gasteiger partial charge in [-0.05, 0) is 47.1 Å². The van der Waals surface area contributed by atoms with Crippen molar-refractivity contribution in [3.8, 4) is 5.69 Å². The highest BCUT2D eigenvalue weighted by Crippen LogP contribution is 2.18. The molecule has 0 aliphatic heterocycles. The Kier molecular flexibility index (Phi) is 3.85. The van der Waals surface area contributed by atoms with Crippen LogP contribution in [0.1, 0.15) is 11.5 Å². The van der Waals surface area contributed by atoms with Crippen molar-refractivity contribution in [1.82, 2.24) is 9.36 Å². The molecule has 0 atom stereocenters. The summed E-state index contributed by atoms with van der Waals surface area (Å²) in [6, 6.07) is 13.0. The number of furan rings is 1. The Morgan fingerprint density at radius 1 is 1.18 bits per heavy atom. The molecule has 0 radical (unpaired) electrons. The standard InChI is InChI=1S/C16H14BrN3O2/c1-11-15(18-10-13-8-9-14(17)22-13)16(21)20(19(11)2)12-6-4-3-5-7-12/h3-10H,1-2H3. The van der Waals surface area contributed by atoms with Gasteiger partial charge in [-0.1, -0.05) is 18.2 Å². The minimum absolute atomic E-state index is 0.159. The molecule has 0 saturated heterocycles. The largest absolute Gasteiger partial charge is 0.448 e. The van der Waals surface area contributed by atoms with Gasteiger partial charge in [-0.2, -0.15) is 0 Å². The van der Waals surface area contributed by atoms with Gasteiger partial charge in [-0.25, -0.2) is 9.67 Å². The van der Waals surface area contributed by atoms with Crippen LogP contribution in [0, 0.1) is 6.92 Å². The van der Waals surface area contributed by atoms with Crippen molar-refractivity contribution in [3.05, 3.63) is 68.9 Å². The lowest BCUT2D eigenvalue weighted by Crippen LogP contribution is -2.19. The van der Waals surface area contributed by atoms with Gasteiger partial charge in [0.1, 0.15) is 5.76 Å². The molecule has 1 aromatic carbocycles. The molecular weight excluding hydrogens is 346 g/mol. The zero-order valence-corrected chi connectivity index (χ0v) is 13.7. The Balaban J connectivity index is 2.07. The van der Waals surface area contributed by atoms with E-state index in [4.69, 9.17) is 4.42 Å². The highest BCUT2D eigenvalue weighted by molar-refractivity contribution is 9.10. The number of halogens is 1. The van der Waals surface area contributed by atoms with Crippen LogP contribution in [0.5, 0.6) is 0 Å². The number of hydrogen-bond acceptors (Lipinski definition) is 3. The van der Waals surface area contributed by atoms with E-state index in [-0.39, 0.29) is 5.56 Å². The Bertz CT molecular complexity index is 888. The second kappa shape index (κ2) is 5.81. The minimum atomic E-state index is -0.159. The summed E-state index contributed by atoms with van der Waals surface area (Å²) in [5, 5.41) is 0. The molecule has 0 amide bonds. The SMILES string of the molecule is Cc1c(N=Cc2ccc(Br)o2)c(=O)n(-c2ccccc2)n1C. The predicted molar refractivity (Wildman–Crippen MR) is 89.4 cm³/mol. The molecule has 2 aromatic heterocycles. The molecule has 0 aliphatic carbocycles. The molecule has 0 fully saturated rings. The molecule has 0 saturated carbocycles. The Morgan fingerprint density at radius 2 is 1.91 bits per heavy atom. The number of aromatic nitrogens is 2. The summed E-state index contributed by atoms with van der Waals surface area (Å²) in [4.78, 5) is 16.9. The van der Waals surface area contributed by atoms with Crippen LogP contribution in [0.2, 0.25) is 0 Å². The smallest absolute Gasteiger partial charge is 0.297 e. The fraction of sp³-hybridized carbons (Fsp3) is 0.125. The fourth-order valence-corrected chi connectivity index (χ4v) is 2.55. The third kappa shape index (κ3) is 2.57. The van der Waals surface area contributed by atoms with E-state index in [0.29, 0.717) is 16.1 Å². The summed E-state index contributed by atoms with van der Waals surface area (Å²) in [5.41, 5.74) is 1.84. The molecule has 3 aromatic rings. The molecular formula is C16H14BrN3O2. The topological polar surface area (TPSA) is 52.4 Å². The summed E-state index contributed by atoms with van der Waals surface area (Å²) < 4.78 is 9.38. The summed E-state index contributed by atoms with van der Waals surface area (Å²) in [7, 11) is 1.84.